The molecule has 1 rings (SSSR count). The van der Waals surface area contributed by atoms with E-state index in [2.05, 4.69) is 0 Å². The molecule has 1 aromatic rings. The fourth-order valence-electron chi connectivity index (χ4n) is 0.949. The predicted octanol–water partition coefficient (Wildman–Crippen LogP) is 3.01. The zero-order valence-electron chi connectivity index (χ0n) is 6.60. The molecule has 0 aliphatic carbocycles. The smallest absolute Gasteiger partial charge is 0.124 e. The Bertz CT molecular complexity index is 250. The van der Waals surface area contributed by atoms with Crippen molar-refractivity contribution in [2.24, 2.45) is 0 Å². The van der Waals surface area contributed by atoms with E-state index in [0.29, 0.717) is 10.6 Å². The summed E-state index contributed by atoms with van der Waals surface area (Å²) in [5.74, 6) is 0. The standard InChI is InChI=1S/C9H10ClO/c1-9(2,11)7-5-3-4-6-8(7)10/h3-6H,1-2H3. The van der Waals surface area contributed by atoms with Gasteiger partial charge in [-0.15, -0.1) is 0 Å². The second-order valence-electron chi connectivity index (χ2n) is 2.99. The van der Waals surface area contributed by atoms with Gasteiger partial charge in [0, 0.05) is 10.6 Å². The van der Waals surface area contributed by atoms with E-state index in [4.69, 9.17) is 11.6 Å². The van der Waals surface area contributed by atoms with E-state index >= 15 is 0 Å². The Hall–Kier alpha value is -0.530. The summed E-state index contributed by atoms with van der Waals surface area (Å²) in [6.45, 7) is 3.21. The highest BCUT2D eigenvalue weighted by atomic mass is 35.5. The van der Waals surface area contributed by atoms with Crippen LogP contribution in [-0.4, -0.2) is 0 Å². The quantitative estimate of drug-likeness (QED) is 0.616. The molecule has 0 aromatic heterocycles. The monoisotopic (exact) mass is 169 g/mol. The van der Waals surface area contributed by atoms with Gasteiger partial charge < -0.3 is 0 Å². The van der Waals surface area contributed by atoms with Crippen LogP contribution < -0.4 is 0 Å². The average Bonchev–Trinajstić information content (AvgIpc) is 1.86. The highest BCUT2D eigenvalue weighted by Crippen LogP contribution is 2.27. The lowest BCUT2D eigenvalue weighted by atomic mass is 9.99. The lowest BCUT2D eigenvalue weighted by Gasteiger charge is -2.15. The number of hydrogen-bond acceptors (Lipinski definition) is 0. The molecule has 0 bridgehead atoms. The Morgan fingerprint density at radius 2 is 1.82 bits per heavy atom. The highest BCUT2D eigenvalue weighted by molar-refractivity contribution is 6.31. The van der Waals surface area contributed by atoms with Crippen molar-refractivity contribution < 1.29 is 5.11 Å². The maximum Gasteiger partial charge on any atom is 0.124 e. The molecule has 0 heterocycles. The summed E-state index contributed by atoms with van der Waals surface area (Å²) in [6.07, 6.45) is 0. The molecular formula is C9H10ClO. The number of benzene rings is 1. The molecule has 59 valence electrons. The largest absolute Gasteiger partial charge is 0.225 e. The van der Waals surface area contributed by atoms with Gasteiger partial charge in [0.25, 0.3) is 0 Å². The SMILES string of the molecule is CC(C)([O])c1ccccc1Cl. The van der Waals surface area contributed by atoms with Gasteiger partial charge in [-0.2, -0.15) is 0 Å². The van der Waals surface area contributed by atoms with Gasteiger partial charge in [0.2, 0.25) is 0 Å². The van der Waals surface area contributed by atoms with E-state index < -0.39 is 5.60 Å². The Morgan fingerprint density at radius 1 is 1.27 bits per heavy atom. The molecule has 1 nitrogen and oxygen atoms in total. The average molecular weight is 170 g/mol. The molecule has 0 aliphatic heterocycles. The van der Waals surface area contributed by atoms with Crippen LogP contribution in [0, 0.1) is 0 Å². The predicted molar refractivity (Wildman–Crippen MR) is 45.2 cm³/mol. The maximum atomic E-state index is 11.4. The third-order valence-electron chi connectivity index (χ3n) is 1.52. The van der Waals surface area contributed by atoms with Crippen molar-refractivity contribution in [3.05, 3.63) is 34.9 Å². The molecule has 1 aromatic carbocycles. The van der Waals surface area contributed by atoms with Gasteiger partial charge in [0.15, 0.2) is 0 Å². The van der Waals surface area contributed by atoms with Gasteiger partial charge in [-0.25, -0.2) is 5.11 Å². The van der Waals surface area contributed by atoms with Crippen LogP contribution in [0.5, 0.6) is 0 Å². The maximum absolute atomic E-state index is 11.4. The van der Waals surface area contributed by atoms with Crippen molar-refractivity contribution in [3.8, 4) is 0 Å². The zero-order chi connectivity index (χ0) is 8.48. The second kappa shape index (κ2) is 2.84. The van der Waals surface area contributed by atoms with Gasteiger partial charge >= 0.3 is 0 Å². The molecule has 0 amide bonds. The molecule has 0 N–H and O–H groups in total. The van der Waals surface area contributed by atoms with E-state index in [-0.39, 0.29) is 0 Å². The molecule has 0 saturated heterocycles. The topological polar surface area (TPSA) is 19.9 Å². The summed E-state index contributed by atoms with van der Waals surface area (Å²) in [6, 6.07) is 7.13. The van der Waals surface area contributed by atoms with Crippen LogP contribution in [0.3, 0.4) is 0 Å². The summed E-state index contributed by atoms with van der Waals surface area (Å²) in [5.41, 5.74) is -0.445. The van der Waals surface area contributed by atoms with Gasteiger partial charge in [0.1, 0.15) is 5.60 Å². The molecular weight excluding hydrogens is 160 g/mol. The molecule has 0 atom stereocenters. The summed E-state index contributed by atoms with van der Waals surface area (Å²) in [4.78, 5) is 0. The Morgan fingerprint density at radius 3 is 2.18 bits per heavy atom. The van der Waals surface area contributed by atoms with Crippen molar-refractivity contribution in [2.45, 2.75) is 19.4 Å². The number of halogens is 1. The molecule has 1 radical (unpaired) electrons. The summed E-state index contributed by atoms with van der Waals surface area (Å²) in [7, 11) is 0. The van der Waals surface area contributed by atoms with E-state index in [0.717, 1.165) is 0 Å². The first-order valence-electron chi connectivity index (χ1n) is 3.47. The minimum absolute atomic E-state index is 0.549. The van der Waals surface area contributed by atoms with E-state index in [9.17, 15) is 5.11 Å². The summed E-state index contributed by atoms with van der Waals surface area (Å²) >= 11 is 5.81. The summed E-state index contributed by atoms with van der Waals surface area (Å²) in [5, 5.41) is 12.0. The van der Waals surface area contributed by atoms with Crippen LogP contribution in [0.4, 0.5) is 0 Å². The first-order chi connectivity index (χ1) is 5.02. The molecule has 0 spiro atoms. The summed E-state index contributed by atoms with van der Waals surface area (Å²) < 4.78 is 0. The van der Waals surface area contributed by atoms with Crippen LogP contribution >= 0.6 is 11.6 Å². The third kappa shape index (κ3) is 1.95. The molecule has 0 saturated carbocycles. The Kier molecular flexibility index (Phi) is 2.21. The van der Waals surface area contributed by atoms with Crippen LogP contribution in [0.1, 0.15) is 19.4 Å². The van der Waals surface area contributed by atoms with Crippen molar-refractivity contribution in [1.82, 2.24) is 0 Å². The third-order valence-corrected chi connectivity index (χ3v) is 1.85. The van der Waals surface area contributed by atoms with Crippen LogP contribution in [0.15, 0.2) is 24.3 Å². The first kappa shape index (κ1) is 8.57. The molecule has 0 aliphatic rings. The van der Waals surface area contributed by atoms with Gasteiger partial charge in [-0.3, -0.25) is 0 Å². The Labute approximate surface area is 71.6 Å². The minimum atomic E-state index is -1.10. The van der Waals surface area contributed by atoms with Crippen molar-refractivity contribution in [1.29, 1.82) is 0 Å². The molecule has 11 heavy (non-hydrogen) atoms. The lowest BCUT2D eigenvalue weighted by Crippen LogP contribution is -2.13. The molecule has 0 unspecified atom stereocenters. The fraction of sp³-hybridized carbons (Fsp3) is 0.333. The first-order valence-corrected chi connectivity index (χ1v) is 3.85. The second-order valence-corrected chi connectivity index (χ2v) is 3.40. The minimum Gasteiger partial charge on any atom is -0.225 e. The van der Waals surface area contributed by atoms with Gasteiger partial charge in [-0.1, -0.05) is 29.8 Å². The lowest BCUT2D eigenvalue weighted by molar-refractivity contribution is 0.000000946. The van der Waals surface area contributed by atoms with Crippen molar-refractivity contribution in [3.63, 3.8) is 0 Å². The van der Waals surface area contributed by atoms with Crippen LogP contribution in [0.25, 0.3) is 0 Å². The molecule has 0 fully saturated rings. The van der Waals surface area contributed by atoms with E-state index in [1.807, 2.05) is 12.1 Å². The number of hydrogen-bond donors (Lipinski definition) is 0. The van der Waals surface area contributed by atoms with Gasteiger partial charge in [0.05, 0.1) is 0 Å². The number of rotatable bonds is 1. The van der Waals surface area contributed by atoms with Gasteiger partial charge in [-0.05, 0) is 19.9 Å². The highest BCUT2D eigenvalue weighted by Gasteiger charge is 2.20. The fourth-order valence-corrected chi connectivity index (χ4v) is 1.31. The van der Waals surface area contributed by atoms with E-state index in [1.54, 1.807) is 26.0 Å². The zero-order valence-corrected chi connectivity index (χ0v) is 7.35. The van der Waals surface area contributed by atoms with Crippen molar-refractivity contribution in [2.75, 3.05) is 0 Å². The van der Waals surface area contributed by atoms with Crippen LogP contribution in [0.2, 0.25) is 5.02 Å². The van der Waals surface area contributed by atoms with E-state index in [1.165, 1.54) is 0 Å². The Balaban J connectivity index is 3.14. The van der Waals surface area contributed by atoms with Crippen molar-refractivity contribution >= 4 is 11.6 Å². The molecule has 2 heteroatoms. The van der Waals surface area contributed by atoms with Crippen LogP contribution in [-0.2, 0) is 10.7 Å². The normalized spacial score (nSPS) is 11.6.